The second kappa shape index (κ2) is 16.1. The quantitative estimate of drug-likeness (QED) is 0.0810. The first kappa shape index (κ1) is 38.7. The van der Waals surface area contributed by atoms with Gasteiger partial charge in [-0.15, -0.1) is 0 Å². The molecule has 2 aliphatic rings. The van der Waals surface area contributed by atoms with Crippen LogP contribution in [0.1, 0.15) is 56.5 Å². The molecule has 2 aromatic heterocycles. The average Bonchev–Trinajstić information content (AvgIpc) is 3.59. The van der Waals surface area contributed by atoms with Crippen LogP contribution in [0.15, 0.2) is 47.1 Å². The van der Waals surface area contributed by atoms with E-state index in [-0.39, 0.29) is 79.5 Å². The molecule has 290 valence electrons. The fraction of sp³-hybridized carbons (Fsp3) is 0.343. The zero-order valence-corrected chi connectivity index (χ0v) is 28.9. The Labute approximate surface area is 307 Å². The second-order valence-electron chi connectivity index (χ2n) is 12.4. The number of nitrogens with zero attached hydrogens (tertiary/aromatic N) is 3. The van der Waals surface area contributed by atoms with E-state index in [4.69, 9.17) is 13.9 Å². The third-order valence-electron chi connectivity index (χ3n) is 8.74. The highest BCUT2D eigenvalue weighted by Crippen LogP contribution is 2.39. The SMILES string of the molecule is Cc1c([C@@H](NC(=O)Nc2cnc(NCCOCCOCCc3cccc4c3C(=O)N(C3CCC(=O)NC3=O)C4=O)nc2)C(F)(F)F)oc2c(F)cc(F)cc12. The lowest BCUT2D eigenvalue weighted by atomic mass is 10.0. The minimum Gasteiger partial charge on any atom is -0.455 e. The molecule has 4 N–H and O–H groups in total. The van der Waals surface area contributed by atoms with Crippen molar-refractivity contribution in [2.24, 2.45) is 0 Å². The summed E-state index contributed by atoms with van der Waals surface area (Å²) in [5.74, 6) is -5.19. The Morgan fingerprint density at radius 3 is 2.47 bits per heavy atom. The van der Waals surface area contributed by atoms with Crippen LogP contribution in [0, 0.1) is 18.6 Å². The lowest BCUT2D eigenvalue weighted by Crippen LogP contribution is -2.54. The predicted octanol–water partition coefficient (Wildman–Crippen LogP) is 4.32. The van der Waals surface area contributed by atoms with Gasteiger partial charge in [-0.2, -0.15) is 13.2 Å². The van der Waals surface area contributed by atoms with Gasteiger partial charge in [0.2, 0.25) is 17.8 Å². The van der Waals surface area contributed by atoms with Crippen LogP contribution in [-0.4, -0.2) is 89.7 Å². The highest BCUT2D eigenvalue weighted by atomic mass is 19.4. The lowest BCUT2D eigenvalue weighted by Gasteiger charge is -2.27. The molecule has 0 aliphatic carbocycles. The molecule has 1 fully saturated rings. The van der Waals surface area contributed by atoms with E-state index in [1.807, 2.05) is 0 Å². The molecule has 2 aromatic carbocycles. The van der Waals surface area contributed by atoms with Gasteiger partial charge in [0, 0.05) is 30.0 Å². The van der Waals surface area contributed by atoms with Gasteiger partial charge in [-0.1, -0.05) is 12.1 Å². The largest absolute Gasteiger partial charge is 0.455 e. The normalized spacial score (nSPS) is 16.3. The first-order valence-electron chi connectivity index (χ1n) is 16.8. The molecule has 4 heterocycles. The van der Waals surface area contributed by atoms with Crippen LogP contribution >= 0.6 is 0 Å². The second-order valence-corrected chi connectivity index (χ2v) is 12.4. The molecule has 2 aliphatic heterocycles. The number of imide groups is 2. The minimum atomic E-state index is -5.05. The van der Waals surface area contributed by atoms with Crippen molar-refractivity contribution in [3.8, 4) is 0 Å². The van der Waals surface area contributed by atoms with Crippen molar-refractivity contribution in [1.29, 1.82) is 0 Å². The number of urea groups is 1. The van der Waals surface area contributed by atoms with Crippen LogP contribution in [0.3, 0.4) is 0 Å². The Bertz CT molecular complexity index is 2140. The van der Waals surface area contributed by atoms with E-state index in [1.165, 1.54) is 13.0 Å². The monoisotopic (exact) mass is 773 g/mol. The van der Waals surface area contributed by atoms with E-state index in [0.29, 0.717) is 18.1 Å². The van der Waals surface area contributed by atoms with E-state index < -0.39 is 70.9 Å². The maximum atomic E-state index is 14.1. The molecule has 0 radical (unpaired) electrons. The molecule has 0 spiro atoms. The number of hydrogen-bond donors (Lipinski definition) is 4. The van der Waals surface area contributed by atoms with Crippen LogP contribution in [-0.2, 0) is 25.5 Å². The van der Waals surface area contributed by atoms with Crippen molar-refractivity contribution >= 4 is 52.3 Å². The third kappa shape index (κ3) is 8.54. The summed E-state index contributed by atoms with van der Waals surface area (Å²) in [6.45, 7) is 2.30. The molecule has 2 atom stereocenters. The van der Waals surface area contributed by atoms with Gasteiger partial charge in [0.15, 0.2) is 17.4 Å². The van der Waals surface area contributed by atoms with Gasteiger partial charge in [0.05, 0.1) is 55.6 Å². The molecule has 6 amide bonds. The van der Waals surface area contributed by atoms with E-state index >= 15 is 0 Å². The van der Waals surface area contributed by atoms with Gasteiger partial charge >= 0.3 is 12.2 Å². The Morgan fingerprint density at radius 2 is 1.76 bits per heavy atom. The number of rotatable bonds is 14. The molecule has 55 heavy (non-hydrogen) atoms. The van der Waals surface area contributed by atoms with Crippen molar-refractivity contribution in [3.05, 3.63) is 82.4 Å². The maximum Gasteiger partial charge on any atom is 0.416 e. The number of aromatic nitrogens is 2. The van der Waals surface area contributed by atoms with E-state index in [0.717, 1.165) is 23.4 Å². The maximum absolute atomic E-state index is 14.1. The number of hydrogen-bond acceptors (Lipinski definition) is 11. The Balaban J connectivity index is 0.899. The molecular formula is C35H32F5N7O8. The highest BCUT2D eigenvalue weighted by Gasteiger charge is 2.46. The van der Waals surface area contributed by atoms with Crippen molar-refractivity contribution in [3.63, 3.8) is 0 Å². The average molecular weight is 774 g/mol. The summed E-state index contributed by atoms with van der Waals surface area (Å²) in [5, 5.41) is 8.77. The number of fused-ring (bicyclic) bond motifs is 2. The molecule has 0 saturated carbocycles. The first-order chi connectivity index (χ1) is 26.2. The number of ether oxygens (including phenoxy) is 2. The number of amides is 6. The zero-order valence-electron chi connectivity index (χ0n) is 28.9. The Hall–Kier alpha value is -6.02. The number of alkyl halides is 3. The summed E-state index contributed by atoms with van der Waals surface area (Å²) in [6.07, 6.45) is -2.37. The number of anilines is 2. The summed E-state index contributed by atoms with van der Waals surface area (Å²) in [5.41, 5.74) is 0.157. The summed E-state index contributed by atoms with van der Waals surface area (Å²) in [7, 11) is 0. The summed E-state index contributed by atoms with van der Waals surface area (Å²) >= 11 is 0. The summed E-state index contributed by atoms with van der Waals surface area (Å²) < 4.78 is 85.9. The number of carbonyl (C=O) groups excluding carboxylic acids is 5. The standard InChI is InChI=1S/C35H32F5N7O8/c1-17-22-13-19(36)14-23(37)28(22)55-27(17)29(35(38,39)40)46-34(52)44-20-15-42-33(43-16-20)41-8-10-54-12-11-53-9-7-18-3-2-4-21-26(18)32(51)47(31(21)50)24-5-6-25(48)45-30(24)49/h2-4,13-16,24,29H,5-12H2,1H3,(H,41,42,43)(H2,44,46,52)(H,45,48,49)/t24?,29-/m1/s1. The van der Waals surface area contributed by atoms with E-state index in [1.54, 1.807) is 17.4 Å². The van der Waals surface area contributed by atoms with Crippen molar-refractivity contribution < 1.29 is 59.8 Å². The molecule has 0 bridgehead atoms. The number of piperidine rings is 1. The van der Waals surface area contributed by atoms with E-state index in [2.05, 4.69) is 25.9 Å². The molecule has 20 heteroatoms. The van der Waals surface area contributed by atoms with Gasteiger partial charge in [-0.25, -0.2) is 23.5 Å². The van der Waals surface area contributed by atoms with Crippen LogP contribution in [0.2, 0.25) is 0 Å². The predicted molar refractivity (Wildman–Crippen MR) is 181 cm³/mol. The van der Waals surface area contributed by atoms with Gasteiger partial charge in [0.1, 0.15) is 17.6 Å². The fourth-order valence-electron chi connectivity index (χ4n) is 6.15. The number of carbonyl (C=O) groups is 5. The summed E-state index contributed by atoms with van der Waals surface area (Å²) in [6, 6.07) is 1.13. The molecule has 15 nitrogen and oxygen atoms in total. The molecular weight excluding hydrogens is 741 g/mol. The minimum absolute atomic E-state index is 0.0226. The Morgan fingerprint density at radius 1 is 1.04 bits per heavy atom. The number of benzene rings is 2. The van der Waals surface area contributed by atoms with Crippen LogP contribution in [0.4, 0.5) is 38.4 Å². The number of furan rings is 1. The zero-order chi connectivity index (χ0) is 39.4. The molecule has 6 rings (SSSR count). The van der Waals surface area contributed by atoms with Gasteiger partial charge in [-0.05, 0) is 37.5 Å². The fourth-order valence-corrected chi connectivity index (χ4v) is 6.15. The van der Waals surface area contributed by atoms with Crippen LogP contribution in [0.5, 0.6) is 0 Å². The topological polar surface area (TPSA) is 194 Å². The number of aryl methyl sites for hydroxylation is 1. The van der Waals surface area contributed by atoms with Crippen molar-refractivity contribution in [2.75, 3.05) is 43.6 Å². The van der Waals surface area contributed by atoms with Gasteiger partial charge < -0.3 is 29.8 Å². The number of halogens is 5. The van der Waals surface area contributed by atoms with Gasteiger partial charge in [0.25, 0.3) is 11.8 Å². The highest BCUT2D eigenvalue weighted by molar-refractivity contribution is 6.24. The van der Waals surface area contributed by atoms with Crippen molar-refractivity contribution in [2.45, 2.75) is 44.4 Å². The molecule has 4 aromatic rings. The first-order valence-corrected chi connectivity index (χ1v) is 16.8. The number of nitrogens with one attached hydrogen (secondary N) is 4. The molecule has 1 saturated heterocycles. The lowest BCUT2D eigenvalue weighted by molar-refractivity contribution is -0.158. The van der Waals surface area contributed by atoms with Gasteiger partial charge in [-0.3, -0.25) is 29.4 Å². The van der Waals surface area contributed by atoms with Crippen LogP contribution in [0.25, 0.3) is 11.0 Å². The molecule has 1 unspecified atom stereocenters. The van der Waals surface area contributed by atoms with Crippen molar-refractivity contribution in [1.82, 2.24) is 25.5 Å². The summed E-state index contributed by atoms with van der Waals surface area (Å²) in [4.78, 5) is 71.4. The smallest absolute Gasteiger partial charge is 0.416 e. The van der Waals surface area contributed by atoms with Crippen LogP contribution < -0.4 is 21.3 Å². The Kier molecular flexibility index (Phi) is 11.4. The van der Waals surface area contributed by atoms with E-state index in [9.17, 15) is 45.9 Å². The third-order valence-corrected chi connectivity index (χ3v) is 8.74.